The number of ketones is 1. The highest BCUT2D eigenvalue weighted by Gasteiger charge is 2.42. The SMILES string of the molecule is O=C(CCC1(O)CCC(F)(F)CC1)c1cc(=O)c2cc(F)cc(F)c2o1. The van der Waals surface area contributed by atoms with Gasteiger partial charge in [0.15, 0.2) is 28.4 Å². The van der Waals surface area contributed by atoms with Gasteiger partial charge in [0, 0.05) is 31.4 Å². The van der Waals surface area contributed by atoms with Crippen LogP contribution in [0.3, 0.4) is 0 Å². The second kappa shape index (κ2) is 6.50. The van der Waals surface area contributed by atoms with Gasteiger partial charge in [0.2, 0.25) is 5.92 Å². The second-order valence-corrected chi connectivity index (χ2v) is 6.74. The van der Waals surface area contributed by atoms with Crippen molar-refractivity contribution in [3.63, 3.8) is 0 Å². The number of hydrogen-bond acceptors (Lipinski definition) is 4. The maximum absolute atomic E-state index is 13.8. The largest absolute Gasteiger partial charge is 0.450 e. The van der Waals surface area contributed by atoms with Gasteiger partial charge in [0.25, 0.3) is 0 Å². The van der Waals surface area contributed by atoms with Gasteiger partial charge in [0.05, 0.1) is 11.0 Å². The van der Waals surface area contributed by atoms with Crippen molar-refractivity contribution in [2.45, 2.75) is 50.0 Å². The minimum Gasteiger partial charge on any atom is -0.450 e. The lowest BCUT2D eigenvalue weighted by molar-refractivity contribution is -0.106. The highest BCUT2D eigenvalue weighted by atomic mass is 19.3. The van der Waals surface area contributed by atoms with E-state index in [1.807, 2.05) is 0 Å². The Morgan fingerprint density at radius 1 is 1.12 bits per heavy atom. The molecule has 1 aromatic carbocycles. The zero-order valence-electron chi connectivity index (χ0n) is 13.7. The molecule has 1 aliphatic rings. The van der Waals surface area contributed by atoms with E-state index in [1.165, 1.54) is 0 Å². The zero-order valence-corrected chi connectivity index (χ0v) is 13.7. The Hall–Kier alpha value is -2.22. The van der Waals surface area contributed by atoms with Gasteiger partial charge in [-0.15, -0.1) is 0 Å². The molecule has 0 saturated heterocycles. The van der Waals surface area contributed by atoms with Gasteiger partial charge in [-0.25, -0.2) is 17.6 Å². The quantitative estimate of drug-likeness (QED) is 0.651. The van der Waals surface area contributed by atoms with E-state index >= 15 is 0 Å². The molecule has 26 heavy (non-hydrogen) atoms. The number of hydrogen-bond donors (Lipinski definition) is 1. The molecule has 1 aliphatic carbocycles. The van der Waals surface area contributed by atoms with Crippen molar-refractivity contribution in [2.75, 3.05) is 0 Å². The molecule has 0 atom stereocenters. The van der Waals surface area contributed by atoms with Crippen LogP contribution in [0.4, 0.5) is 17.6 Å². The predicted octanol–water partition coefficient (Wildman–Crippen LogP) is 3.97. The van der Waals surface area contributed by atoms with Gasteiger partial charge in [-0.1, -0.05) is 0 Å². The molecular weight excluding hydrogens is 356 g/mol. The Morgan fingerprint density at radius 3 is 2.42 bits per heavy atom. The average molecular weight is 372 g/mol. The van der Waals surface area contributed by atoms with Crippen LogP contribution in [0.1, 0.15) is 49.1 Å². The van der Waals surface area contributed by atoms with Crippen molar-refractivity contribution in [3.05, 3.63) is 45.8 Å². The third kappa shape index (κ3) is 3.80. The molecule has 0 radical (unpaired) electrons. The molecule has 0 spiro atoms. The van der Waals surface area contributed by atoms with Crippen molar-refractivity contribution in [2.24, 2.45) is 0 Å². The maximum atomic E-state index is 13.8. The summed E-state index contributed by atoms with van der Waals surface area (Å²) in [6.45, 7) is 0. The van der Waals surface area contributed by atoms with Crippen LogP contribution in [0, 0.1) is 11.6 Å². The Balaban J connectivity index is 1.77. The van der Waals surface area contributed by atoms with E-state index in [0.29, 0.717) is 6.07 Å². The molecule has 1 aromatic heterocycles. The zero-order chi connectivity index (χ0) is 19.1. The molecule has 1 N–H and O–H groups in total. The number of rotatable bonds is 4. The number of carbonyl (C=O) groups is 1. The lowest BCUT2D eigenvalue weighted by atomic mass is 9.79. The topological polar surface area (TPSA) is 67.5 Å². The van der Waals surface area contributed by atoms with Gasteiger partial charge >= 0.3 is 0 Å². The Morgan fingerprint density at radius 2 is 1.77 bits per heavy atom. The van der Waals surface area contributed by atoms with Crippen LogP contribution >= 0.6 is 0 Å². The van der Waals surface area contributed by atoms with Crippen LogP contribution in [0.15, 0.2) is 27.4 Å². The van der Waals surface area contributed by atoms with Crippen molar-refractivity contribution in [3.8, 4) is 0 Å². The van der Waals surface area contributed by atoms with Crippen molar-refractivity contribution in [1.29, 1.82) is 0 Å². The molecule has 140 valence electrons. The van der Waals surface area contributed by atoms with Crippen molar-refractivity contribution in [1.82, 2.24) is 0 Å². The molecule has 0 amide bonds. The lowest BCUT2D eigenvalue weighted by Gasteiger charge is -2.35. The highest BCUT2D eigenvalue weighted by molar-refractivity contribution is 5.94. The van der Waals surface area contributed by atoms with Gasteiger partial charge in [-0.2, -0.15) is 0 Å². The smallest absolute Gasteiger partial charge is 0.248 e. The van der Waals surface area contributed by atoms with E-state index in [4.69, 9.17) is 4.42 Å². The molecule has 8 heteroatoms. The summed E-state index contributed by atoms with van der Waals surface area (Å²) in [5.41, 5.74) is -2.69. The minimum atomic E-state index is -2.81. The summed E-state index contributed by atoms with van der Waals surface area (Å²) < 4.78 is 58.4. The number of fused-ring (bicyclic) bond motifs is 1. The molecule has 1 heterocycles. The molecule has 0 unspecified atom stereocenters. The Kier molecular flexibility index (Phi) is 4.64. The fraction of sp³-hybridized carbons (Fsp3) is 0.444. The van der Waals surface area contributed by atoms with E-state index in [1.54, 1.807) is 0 Å². The van der Waals surface area contributed by atoms with Gasteiger partial charge in [-0.05, 0) is 25.3 Å². The van der Waals surface area contributed by atoms with Crippen LogP contribution in [0.5, 0.6) is 0 Å². The summed E-state index contributed by atoms with van der Waals surface area (Å²) in [6.07, 6.45) is -1.51. The summed E-state index contributed by atoms with van der Waals surface area (Å²) >= 11 is 0. The number of halogens is 4. The predicted molar refractivity (Wildman–Crippen MR) is 84.3 cm³/mol. The summed E-state index contributed by atoms with van der Waals surface area (Å²) in [5.74, 6) is -5.96. The fourth-order valence-corrected chi connectivity index (χ4v) is 3.12. The molecule has 1 saturated carbocycles. The second-order valence-electron chi connectivity index (χ2n) is 6.74. The Labute approximate surface area is 145 Å². The molecule has 0 bridgehead atoms. The Bertz CT molecular complexity index is 909. The van der Waals surface area contributed by atoms with Crippen LogP contribution in [0.2, 0.25) is 0 Å². The first-order valence-corrected chi connectivity index (χ1v) is 8.15. The maximum Gasteiger partial charge on any atom is 0.248 e. The number of Topliss-reactive ketones (excluding diaryl/α,β-unsaturated/α-hetero) is 1. The molecular formula is C18H16F4O4. The monoisotopic (exact) mass is 372 g/mol. The van der Waals surface area contributed by atoms with Crippen molar-refractivity contribution >= 4 is 16.8 Å². The first-order chi connectivity index (χ1) is 12.1. The first kappa shape index (κ1) is 18.6. The minimum absolute atomic E-state index is 0.0738. The van der Waals surface area contributed by atoms with E-state index in [9.17, 15) is 32.3 Å². The van der Waals surface area contributed by atoms with Gasteiger partial charge < -0.3 is 9.52 Å². The summed E-state index contributed by atoms with van der Waals surface area (Å²) in [7, 11) is 0. The third-order valence-electron chi connectivity index (χ3n) is 4.75. The highest BCUT2D eigenvalue weighted by Crippen LogP contribution is 2.40. The summed E-state index contributed by atoms with van der Waals surface area (Å²) in [6, 6.07) is 2.18. The van der Waals surface area contributed by atoms with Crippen LogP contribution < -0.4 is 5.43 Å². The number of carbonyl (C=O) groups excluding carboxylic acids is 1. The molecule has 0 aliphatic heterocycles. The normalized spacial score (nSPS) is 18.8. The number of alkyl halides is 2. The summed E-state index contributed by atoms with van der Waals surface area (Å²) in [5, 5.41) is 9.99. The van der Waals surface area contributed by atoms with E-state index in [-0.39, 0.29) is 31.1 Å². The fourth-order valence-electron chi connectivity index (χ4n) is 3.12. The first-order valence-electron chi connectivity index (χ1n) is 8.15. The third-order valence-corrected chi connectivity index (χ3v) is 4.75. The molecule has 2 aromatic rings. The van der Waals surface area contributed by atoms with E-state index in [0.717, 1.165) is 12.1 Å². The lowest BCUT2D eigenvalue weighted by Crippen LogP contribution is -2.38. The van der Waals surface area contributed by atoms with Crippen LogP contribution in [0.25, 0.3) is 11.0 Å². The average Bonchev–Trinajstić information content (AvgIpc) is 2.57. The standard InChI is InChI=1S/C18H16F4O4/c19-10-7-11-14(24)9-15(26-16(11)12(20)8-10)13(23)1-2-17(25)3-5-18(21,22)6-4-17/h7-9,25H,1-6H2. The van der Waals surface area contributed by atoms with Gasteiger partial charge in [-0.3, -0.25) is 9.59 Å². The summed E-state index contributed by atoms with van der Waals surface area (Å²) in [4.78, 5) is 24.2. The number of benzene rings is 1. The van der Waals surface area contributed by atoms with Crippen LogP contribution in [-0.2, 0) is 0 Å². The number of aliphatic hydroxyl groups is 1. The van der Waals surface area contributed by atoms with Crippen LogP contribution in [-0.4, -0.2) is 22.4 Å². The van der Waals surface area contributed by atoms with E-state index in [2.05, 4.69) is 0 Å². The molecule has 3 rings (SSSR count). The van der Waals surface area contributed by atoms with E-state index < -0.39 is 58.6 Å². The van der Waals surface area contributed by atoms with Crippen molar-refractivity contribution < 1.29 is 31.9 Å². The molecule has 4 nitrogen and oxygen atoms in total. The van der Waals surface area contributed by atoms with Gasteiger partial charge in [0.1, 0.15) is 5.82 Å². The molecule has 1 fully saturated rings.